The minimum absolute atomic E-state index is 0.0737. The first-order chi connectivity index (χ1) is 9.29. The van der Waals surface area contributed by atoms with Crippen LogP contribution in [0.5, 0.6) is 0 Å². The number of nitrogens with zero attached hydrogens (tertiary/aromatic N) is 2. The quantitative estimate of drug-likeness (QED) is 0.844. The van der Waals surface area contributed by atoms with Gasteiger partial charge >= 0.3 is 0 Å². The normalized spacial score (nSPS) is 18.7. The van der Waals surface area contributed by atoms with Gasteiger partial charge in [-0.2, -0.15) is 5.10 Å². The molecule has 1 aliphatic rings. The molecule has 19 heavy (non-hydrogen) atoms. The zero-order chi connectivity index (χ0) is 13.2. The molecular formula is C14H14N2OS2. The summed E-state index contributed by atoms with van der Waals surface area (Å²) < 4.78 is 0. The van der Waals surface area contributed by atoms with Crippen molar-refractivity contribution in [3.63, 3.8) is 0 Å². The van der Waals surface area contributed by atoms with Crippen LogP contribution in [0.2, 0.25) is 0 Å². The van der Waals surface area contributed by atoms with Crippen LogP contribution >= 0.6 is 22.7 Å². The SMILES string of the molecule is CCC(=O)N1N=C(c2cccs2)C[C@H]1c1cccs1. The van der Waals surface area contributed by atoms with Crippen LogP contribution in [0, 0.1) is 0 Å². The Kier molecular flexibility index (Phi) is 3.48. The van der Waals surface area contributed by atoms with Gasteiger partial charge in [-0.25, -0.2) is 5.01 Å². The highest BCUT2D eigenvalue weighted by atomic mass is 32.1. The second-order valence-corrected chi connectivity index (χ2v) is 6.28. The second-order valence-electron chi connectivity index (χ2n) is 4.35. The maximum atomic E-state index is 12.1. The molecule has 1 aliphatic heterocycles. The highest BCUT2D eigenvalue weighted by Crippen LogP contribution is 2.36. The fraction of sp³-hybridized carbons (Fsp3) is 0.286. The molecule has 3 rings (SSSR count). The highest BCUT2D eigenvalue weighted by molar-refractivity contribution is 7.12. The van der Waals surface area contributed by atoms with E-state index in [1.165, 1.54) is 4.88 Å². The fourth-order valence-electron chi connectivity index (χ4n) is 2.20. The summed E-state index contributed by atoms with van der Waals surface area (Å²) in [5.74, 6) is 0.0879. The maximum absolute atomic E-state index is 12.1. The minimum atomic E-state index is 0.0737. The van der Waals surface area contributed by atoms with Crippen LogP contribution in [0.25, 0.3) is 0 Å². The molecule has 3 nitrogen and oxygen atoms in total. The van der Waals surface area contributed by atoms with E-state index in [4.69, 9.17) is 0 Å². The maximum Gasteiger partial charge on any atom is 0.243 e. The molecule has 0 aromatic carbocycles. The summed E-state index contributed by atoms with van der Waals surface area (Å²) >= 11 is 3.36. The first-order valence-corrected chi connectivity index (χ1v) is 8.02. The van der Waals surface area contributed by atoms with E-state index in [0.29, 0.717) is 6.42 Å². The van der Waals surface area contributed by atoms with Gasteiger partial charge in [-0.15, -0.1) is 22.7 Å². The number of rotatable bonds is 3. The van der Waals surface area contributed by atoms with Crippen LogP contribution in [0.1, 0.15) is 35.6 Å². The smallest absolute Gasteiger partial charge is 0.243 e. The van der Waals surface area contributed by atoms with Crippen LogP contribution in [-0.2, 0) is 4.79 Å². The van der Waals surface area contributed by atoms with Crippen molar-refractivity contribution >= 4 is 34.3 Å². The molecule has 0 spiro atoms. The molecule has 0 unspecified atom stereocenters. The number of hydrogen-bond donors (Lipinski definition) is 0. The molecular weight excluding hydrogens is 276 g/mol. The van der Waals surface area contributed by atoms with Crippen LogP contribution in [-0.4, -0.2) is 16.6 Å². The largest absolute Gasteiger partial charge is 0.273 e. The summed E-state index contributed by atoms with van der Waals surface area (Å²) in [5.41, 5.74) is 1.02. The molecule has 0 aliphatic carbocycles. The van der Waals surface area contributed by atoms with Crippen molar-refractivity contribution in [3.05, 3.63) is 44.8 Å². The Hall–Kier alpha value is -1.46. The molecule has 1 atom stereocenters. The second kappa shape index (κ2) is 5.27. The Balaban J connectivity index is 1.93. The summed E-state index contributed by atoms with van der Waals surface area (Å²) in [5, 5.41) is 10.3. The van der Waals surface area contributed by atoms with Crippen molar-refractivity contribution in [2.75, 3.05) is 0 Å². The number of carbonyl (C=O) groups excluding carboxylic acids is 1. The molecule has 98 valence electrons. The van der Waals surface area contributed by atoms with Gasteiger partial charge in [0.25, 0.3) is 0 Å². The Morgan fingerprint density at radius 1 is 1.37 bits per heavy atom. The van der Waals surface area contributed by atoms with Gasteiger partial charge < -0.3 is 0 Å². The molecule has 1 amide bonds. The van der Waals surface area contributed by atoms with E-state index < -0.39 is 0 Å². The topological polar surface area (TPSA) is 32.7 Å². The highest BCUT2D eigenvalue weighted by Gasteiger charge is 2.33. The molecule has 0 N–H and O–H groups in total. The third kappa shape index (κ3) is 2.35. The molecule has 0 saturated carbocycles. The standard InChI is InChI=1S/C14H14N2OS2/c1-2-14(17)16-11(13-6-4-8-19-13)9-10(15-16)12-5-3-7-18-12/h3-8,11H,2,9H2,1H3/t11-/m0/s1. The summed E-state index contributed by atoms with van der Waals surface area (Å²) in [7, 11) is 0. The zero-order valence-electron chi connectivity index (χ0n) is 10.6. The Morgan fingerprint density at radius 2 is 2.16 bits per heavy atom. The Labute approximate surface area is 120 Å². The van der Waals surface area contributed by atoms with Gasteiger partial charge in [0.1, 0.15) is 0 Å². The van der Waals surface area contributed by atoms with Gasteiger partial charge in [-0.05, 0) is 22.9 Å². The average molecular weight is 290 g/mol. The van der Waals surface area contributed by atoms with Gasteiger partial charge in [-0.3, -0.25) is 4.79 Å². The van der Waals surface area contributed by atoms with Crippen LogP contribution < -0.4 is 0 Å². The number of amides is 1. The average Bonchev–Trinajstić information content (AvgIpc) is 3.14. The number of hydrogen-bond acceptors (Lipinski definition) is 4. The molecule has 0 fully saturated rings. The van der Waals surface area contributed by atoms with Crippen LogP contribution in [0.4, 0.5) is 0 Å². The summed E-state index contributed by atoms with van der Waals surface area (Å²) in [6.45, 7) is 1.88. The predicted molar refractivity (Wildman–Crippen MR) is 79.7 cm³/mol. The Bertz CT molecular complexity index is 587. The van der Waals surface area contributed by atoms with Gasteiger partial charge in [0, 0.05) is 17.7 Å². The Morgan fingerprint density at radius 3 is 2.79 bits per heavy atom. The van der Waals surface area contributed by atoms with Crippen molar-refractivity contribution in [1.82, 2.24) is 5.01 Å². The lowest BCUT2D eigenvalue weighted by Crippen LogP contribution is -2.25. The zero-order valence-corrected chi connectivity index (χ0v) is 12.2. The minimum Gasteiger partial charge on any atom is -0.273 e. The van der Waals surface area contributed by atoms with E-state index in [1.807, 2.05) is 29.8 Å². The molecule has 2 aromatic heterocycles. The molecule has 0 radical (unpaired) electrons. The van der Waals surface area contributed by atoms with Crippen LogP contribution in [0.3, 0.4) is 0 Å². The van der Waals surface area contributed by atoms with Gasteiger partial charge in [0.2, 0.25) is 5.91 Å². The van der Waals surface area contributed by atoms with E-state index in [9.17, 15) is 4.79 Å². The lowest BCUT2D eigenvalue weighted by molar-refractivity contribution is -0.132. The molecule has 0 saturated heterocycles. The van der Waals surface area contributed by atoms with Gasteiger partial charge in [0.05, 0.1) is 16.6 Å². The third-order valence-corrected chi connectivity index (χ3v) is 5.04. The fourth-order valence-corrected chi connectivity index (χ4v) is 3.73. The van der Waals surface area contributed by atoms with Crippen LogP contribution in [0.15, 0.2) is 40.1 Å². The van der Waals surface area contributed by atoms with Crippen molar-refractivity contribution in [2.45, 2.75) is 25.8 Å². The van der Waals surface area contributed by atoms with Crippen molar-refractivity contribution in [3.8, 4) is 0 Å². The van der Waals surface area contributed by atoms with E-state index in [1.54, 1.807) is 27.7 Å². The lowest BCUT2D eigenvalue weighted by Gasteiger charge is -2.19. The molecule has 0 bridgehead atoms. The van der Waals surface area contributed by atoms with E-state index >= 15 is 0 Å². The summed E-state index contributed by atoms with van der Waals surface area (Å²) in [4.78, 5) is 14.4. The van der Waals surface area contributed by atoms with E-state index in [0.717, 1.165) is 17.0 Å². The first-order valence-electron chi connectivity index (χ1n) is 6.26. The monoisotopic (exact) mass is 290 g/mol. The summed E-state index contributed by atoms with van der Waals surface area (Å²) in [6, 6.07) is 8.27. The van der Waals surface area contributed by atoms with Crippen molar-refractivity contribution < 1.29 is 4.79 Å². The van der Waals surface area contributed by atoms with Gasteiger partial charge in [0.15, 0.2) is 0 Å². The molecule has 5 heteroatoms. The molecule has 2 aromatic rings. The van der Waals surface area contributed by atoms with Crippen molar-refractivity contribution in [1.29, 1.82) is 0 Å². The molecule has 3 heterocycles. The van der Waals surface area contributed by atoms with E-state index in [2.05, 4.69) is 17.2 Å². The van der Waals surface area contributed by atoms with Gasteiger partial charge in [-0.1, -0.05) is 19.1 Å². The summed E-state index contributed by atoms with van der Waals surface area (Å²) in [6.07, 6.45) is 1.30. The predicted octanol–water partition coefficient (Wildman–Crippen LogP) is 3.90. The number of thiophene rings is 2. The first kappa shape index (κ1) is 12.6. The third-order valence-electron chi connectivity index (χ3n) is 3.15. The number of hydrazone groups is 1. The number of carbonyl (C=O) groups is 1. The lowest BCUT2D eigenvalue weighted by atomic mass is 10.1. The van der Waals surface area contributed by atoms with Crippen molar-refractivity contribution in [2.24, 2.45) is 5.10 Å². The van der Waals surface area contributed by atoms with E-state index in [-0.39, 0.29) is 11.9 Å².